The van der Waals surface area contributed by atoms with Crippen molar-refractivity contribution in [2.75, 3.05) is 0 Å². The van der Waals surface area contributed by atoms with E-state index in [0.717, 1.165) is 11.1 Å². The Bertz CT molecular complexity index is 807. The van der Waals surface area contributed by atoms with Crippen molar-refractivity contribution < 1.29 is 9.59 Å². The second-order valence-electron chi connectivity index (χ2n) is 5.76. The lowest BCUT2D eigenvalue weighted by Crippen LogP contribution is -2.50. The third-order valence-corrected chi connectivity index (χ3v) is 4.72. The number of benzene rings is 2. The summed E-state index contributed by atoms with van der Waals surface area (Å²) in [6.45, 7) is 0. The van der Waals surface area contributed by atoms with E-state index in [1.165, 1.54) is 0 Å². The van der Waals surface area contributed by atoms with Crippen molar-refractivity contribution >= 4 is 34.9 Å². The smallest absolute Gasteiger partial charge is 0.234 e. The molecule has 2 aromatic carbocycles. The quantitative estimate of drug-likeness (QED) is 0.878. The average molecular weight is 362 g/mol. The van der Waals surface area contributed by atoms with Crippen molar-refractivity contribution in [3.8, 4) is 0 Å². The standard InChI is InChI=1S/C18H15Cl2N2O2/c19-12-6-5-11(14(20)9-12)8-16(23)17-13-4-2-1-3-10(13)7-15(22-17)18(21)24/h2-6,9,15,17,22H,7-8H2,(H2,21,24). The van der Waals surface area contributed by atoms with Crippen LogP contribution in [0.15, 0.2) is 36.4 Å². The predicted molar refractivity (Wildman–Crippen MR) is 93.0 cm³/mol. The molecule has 123 valence electrons. The molecule has 2 unspecified atom stereocenters. The zero-order valence-corrected chi connectivity index (χ0v) is 14.2. The van der Waals surface area contributed by atoms with Gasteiger partial charge in [-0.2, -0.15) is 0 Å². The normalized spacial score (nSPS) is 19.6. The first-order chi connectivity index (χ1) is 11.5. The summed E-state index contributed by atoms with van der Waals surface area (Å²) in [6.07, 6.45) is 0.588. The Balaban J connectivity index is 1.89. The van der Waals surface area contributed by atoms with Crippen LogP contribution in [0.1, 0.15) is 22.7 Å². The maximum Gasteiger partial charge on any atom is 0.234 e. The Kier molecular flexibility index (Phi) is 4.90. The maximum absolute atomic E-state index is 12.8. The first kappa shape index (κ1) is 17.0. The minimum atomic E-state index is -0.604. The summed E-state index contributed by atoms with van der Waals surface area (Å²) < 4.78 is 0. The van der Waals surface area contributed by atoms with E-state index < -0.39 is 18.0 Å². The molecular weight excluding hydrogens is 347 g/mol. The van der Waals surface area contributed by atoms with Crippen molar-refractivity contribution in [2.24, 2.45) is 5.73 Å². The van der Waals surface area contributed by atoms with Gasteiger partial charge < -0.3 is 5.73 Å². The summed E-state index contributed by atoms with van der Waals surface area (Å²) in [5.41, 5.74) is 7.87. The van der Waals surface area contributed by atoms with Gasteiger partial charge in [0.2, 0.25) is 5.91 Å². The number of carbonyl (C=O) groups is 2. The zero-order chi connectivity index (χ0) is 17.3. The van der Waals surface area contributed by atoms with Gasteiger partial charge >= 0.3 is 0 Å². The van der Waals surface area contributed by atoms with E-state index >= 15 is 0 Å². The number of carbonyl (C=O) groups excluding carboxylic acids is 2. The number of primary amides is 1. The van der Waals surface area contributed by atoms with E-state index in [-0.39, 0.29) is 12.2 Å². The van der Waals surface area contributed by atoms with Gasteiger partial charge in [0.15, 0.2) is 5.78 Å². The lowest BCUT2D eigenvalue weighted by Gasteiger charge is -2.31. The molecule has 2 atom stereocenters. The largest absolute Gasteiger partial charge is 0.368 e. The van der Waals surface area contributed by atoms with Crippen LogP contribution in [0.25, 0.3) is 0 Å². The Morgan fingerprint density at radius 2 is 2.08 bits per heavy atom. The third-order valence-electron chi connectivity index (χ3n) is 4.14. The Morgan fingerprint density at radius 1 is 1.29 bits per heavy atom. The molecule has 0 aliphatic carbocycles. The van der Waals surface area contributed by atoms with E-state index in [1.54, 1.807) is 30.3 Å². The third kappa shape index (κ3) is 3.46. The summed E-state index contributed by atoms with van der Waals surface area (Å²) >= 11 is 12.0. The van der Waals surface area contributed by atoms with Crippen LogP contribution in [0.5, 0.6) is 0 Å². The van der Waals surface area contributed by atoms with Gasteiger partial charge in [0.1, 0.15) is 0 Å². The van der Waals surface area contributed by atoms with Crippen LogP contribution < -0.4 is 11.1 Å². The number of hydrogen-bond donors (Lipinski definition) is 2. The number of nitrogens with two attached hydrogens (primary N) is 1. The molecule has 0 fully saturated rings. The van der Waals surface area contributed by atoms with Crippen LogP contribution in [0, 0.1) is 6.07 Å². The Labute approximate surface area is 149 Å². The fourth-order valence-corrected chi connectivity index (χ4v) is 3.38. The topological polar surface area (TPSA) is 72.2 Å². The van der Waals surface area contributed by atoms with Gasteiger partial charge in [-0.05, 0) is 41.3 Å². The molecule has 0 saturated heterocycles. The molecule has 24 heavy (non-hydrogen) atoms. The van der Waals surface area contributed by atoms with Crippen molar-refractivity contribution in [2.45, 2.75) is 24.9 Å². The molecule has 1 aliphatic heterocycles. The summed E-state index contributed by atoms with van der Waals surface area (Å²) in [6, 6.07) is 12.2. The first-order valence-electron chi connectivity index (χ1n) is 7.46. The van der Waals surface area contributed by atoms with Crippen molar-refractivity contribution in [3.63, 3.8) is 0 Å². The number of hydrogen-bond acceptors (Lipinski definition) is 3. The predicted octanol–water partition coefficient (Wildman–Crippen LogP) is 2.65. The first-order valence-corrected chi connectivity index (χ1v) is 8.22. The molecule has 0 bridgehead atoms. The fourth-order valence-electron chi connectivity index (χ4n) is 2.91. The molecule has 1 heterocycles. The summed E-state index contributed by atoms with van der Waals surface area (Å²) in [5.74, 6) is -0.565. The number of nitrogens with one attached hydrogen (secondary N) is 1. The van der Waals surface area contributed by atoms with E-state index in [9.17, 15) is 9.59 Å². The lowest BCUT2D eigenvalue weighted by atomic mass is 9.86. The SMILES string of the molecule is NC(=O)C1Cc2c[c]ccc2C(C(=O)Cc2ccc(Cl)cc2Cl)N1. The van der Waals surface area contributed by atoms with E-state index in [0.29, 0.717) is 22.0 Å². The van der Waals surface area contributed by atoms with Gasteiger partial charge in [-0.25, -0.2) is 0 Å². The fraction of sp³-hybridized carbons (Fsp3) is 0.222. The Hall–Kier alpha value is -1.88. The molecular formula is C18H15Cl2N2O2. The Morgan fingerprint density at radius 3 is 2.79 bits per heavy atom. The molecule has 3 rings (SSSR count). The van der Waals surface area contributed by atoms with Crippen LogP contribution >= 0.6 is 23.2 Å². The van der Waals surface area contributed by atoms with Crippen LogP contribution in [-0.4, -0.2) is 17.7 Å². The highest BCUT2D eigenvalue weighted by Gasteiger charge is 2.33. The van der Waals surface area contributed by atoms with E-state index in [1.807, 2.05) is 6.07 Å². The highest BCUT2D eigenvalue weighted by atomic mass is 35.5. The summed E-state index contributed by atoms with van der Waals surface area (Å²) in [7, 11) is 0. The second-order valence-corrected chi connectivity index (χ2v) is 6.61. The summed E-state index contributed by atoms with van der Waals surface area (Å²) in [5, 5.41) is 4.01. The number of fused-ring (bicyclic) bond motifs is 1. The van der Waals surface area contributed by atoms with Gasteiger partial charge in [0.05, 0.1) is 12.1 Å². The molecule has 0 spiro atoms. The van der Waals surface area contributed by atoms with Crippen LogP contribution in [0.3, 0.4) is 0 Å². The molecule has 1 aliphatic rings. The van der Waals surface area contributed by atoms with Crippen molar-refractivity contribution in [3.05, 3.63) is 69.2 Å². The molecule has 2 aromatic rings. The monoisotopic (exact) mass is 361 g/mol. The summed E-state index contributed by atoms with van der Waals surface area (Å²) in [4.78, 5) is 24.4. The molecule has 4 nitrogen and oxygen atoms in total. The van der Waals surface area contributed by atoms with Gasteiger partial charge in [-0.3, -0.25) is 14.9 Å². The molecule has 3 N–H and O–H groups in total. The molecule has 1 radical (unpaired) electrons. The molecule has 0 saturated carbocycles. The van der Waals surface area contributed by atoms with Crippen LogP contribution in [0.2, 0.25) is 10.0 Å². The number of Topliss-reactive ketones (excluding diaryl/α,β-unsaturated/α-hetero) is 1. The maximum atomic E-state index is 12.8. The number of halogens is 2. The van der Waals surface area contributed by atoms with Crippen molar-refractivity contribution in [1.82, 2.24) is 5.32 Å². The minimum absolute atomic E-state index is 0.0855. The van der Waals surface area contributed by atoms with Gasteiger partial charge in [-0.15, -0.1) is 0 Å². The number of ketones is 1. The van der Waals surface area contributed by atoms with Crippen LogP contribution in [-0.2, 0) is 22.4 Å². The average Bonchev–Trinajstić information content (AvgIpc) is 2.56. The minimum Gasteiger partial charge on any atom is -0.368 e. The highest BCUT2D eigenvalue weighted by Crippen LogP contribution is 2.28. The zero-order valence-electron chi connectivity index (χ0n) is 12.7. The lowest BCUT2D eigenvalue weighted by molar-refractivity contribution is -0.123. The van der Waals surface area contributed by atoms with Crippen LogP contribution in [0.4, 0.5) is 0 Å². The van der Waals surface area contributed by atoms with E-state index in [2.05, 4.69) is 11.4 Å². The highest BCUT2D eigenvalue weighted by molar-refractivity contribution is 6.35. The molecule has 1 amide bonds. The van der Waals surface area contributed by atoms with Gasteiger partial charge in [0, 0.05) is 16.5 Å². The van der Waals surface area contributed by atoms with Gasteiger partial charge in [-0.1, -0.05) is 47.5 Å². The second kappa shape index (κ2) is 6.93. The van der Waals surface area contributed by atoms with Gasteiger partial charge in [0.25, 0.3) is 0 Å². The number of amides is 1. The van der Waals surface area contributed by atoms with Crippen molar-refractivity contribution in [1.29, 1.82) is 0 Å². The molecule has 6 heteroatoms. The van der Waals surface area contributed by atoms with E-state index in [4.69, 9.17) is 28.9 Å². The number of rotatable bonds is 4. The molecule has 0 aromatic heterocycles.